The molecule has 0 aliphatic carbocycles. The second-order valence-electron chi connectivity index (χ2n) is 4.46. The lowest BCUT2D eigenvalue weighted by Gasteiger charge is -2.15. The van der Waals surface area contributed by atoms with Gasteiger partial charge in [-0.25, -0.2) is 0 Å². The van der Waals surface area contributed by atoms with Gasteiger partial charge in [-0.05, 0) is 25.1 Å². The van der Waals surface area contributed by atoms with Crippen molar-refractivity contribution in [3.63, 3.8) is 0 Å². The number of benzene rings is 1. The molecule has 0 spiro atoms. The highest BCUT2D eigenvalue weighted by molar-refractivity contribution is 5.75. The molecule has 6 heteroatoms. The summed E-state index contributed by atoms with van der Waals surface area (Å²) in [6.07, 6.45) is -1.95. The zero-order chi connectivity index (χ0) is 14.6. The highest BCUT2D eigenvalue weighted by Gasteiger charge is 2.34. The first-order chi connectivity index (χ1) is 9.47. The van der Waals surface area contributed by atoms with Crippen LogP contribution in [0.5, 0.6) is 5.75 Å². The Morgan fingerprint density at radius 1 is 1.30 bits per heavy atom. The first kappa shape index (κ1) is 14.6. The predicted octanol–water partition coefficient (Wildman–Crippen LogP) is 2.92. The summed E-state index contributed by atoms with van der Waals surface area (Å²) in [5.74, 6) is -1.12. The lowest BCUT2D eigenvalue weighted by Crippen LogP contribution is -2.22. The van der Waals surface area contributed by atoms with Gasteiger partial charge in [0, 0.05) is 6.54 Å². The largest absolute Gasteiger partial charge is 0.426 e. The highest BCUT2D eigenvalue weighted by atomic mass is 19.4. The highest BCUT2D eigenvalue weighted by Crippen LogP contribution is 2.36. The van der Waals surface area contributed by atoms with Gasteiger partial charge in [0.15, 0.2) is 0 Å². The quantitative estimate of drug-likeness (QED) is 0.527. The molecule has 1 N–H and O–H groups in total. The topological polar surface area (TPSA) is 38.3 Å². The summed E-state index contributed by atoms with van der Waals surface area (Å²) in [7, 11) is 0. The Morgan fingerprint density at radius 3 is 2.70 bits per heavy atom. The van der Waals surface area contributed by atoms with Crippen molar-refractivity contribution in [2.24, 2.45) is 0 Å². The van der Waals surface area contributed by atoms with Crippen LogP contribution in [0.2, 0.25) is 0 Å². The Hall–Kier alpha value is -1.82. The average molecular weight is 285 g/mol. The molecule has 0 amide bonds. The molecule has 0 saturated heterocycles. The van der Waals surface area contributed by atoms with Gasteiger partial charge in [-0.3, -0.25) is 4.79 Å². The van der Waals surface area contributed by atoms with E-state index in [-0.39, 0.29) is 6.42 Å². The Kier molecular flexibility index (Phi) is 4.44. The summed E-state index contributed by atoms with van der Waals surface area (Å²) < 4.78 is 43.1. The molecule has 20 heavy (non-hydrogen) atoms. The van der Waals surface area contributed by atoms with Crippen molar-refractivity contribution in [1.29, 1.82) is 0 Å². The van der Waals surface area contributed by atoms with E-state index in [4.69, 9.17) is 4.74 Å². The monoisotopic (exact) mass is 285 g/mol. The van der Waals surface area contributed by atoms with E-state index >= 15 is 0 Å². The minimum absolute atomic E-state index is 0.0217. The van der Waals surface area contributed by atoms with E-state index in [0.29, 0.717) is 13.0 Å². The van der Waals surface area contributed by atoms with Crippen molar-refractivity contribution >= 4 is 5.97 Å². The van der Waals surface area contributed by atoms with E-state index in [1.807, 2.05) is 6.08 Å². The summed E-state index contributed by atoms with van der Waals surface area (Å²) in [6.45, 7) is 1.43. The van der Waals surface area contributed by atoms with Crippen LogP contribution in [0.1, 0.15) is 18.4 Å². The molecule has 1 aromatic carbocycles. The standard InChI is InChI=1S/C14H14F3NO2/c15-14(16,17)11-3-1-2-4-12(11)20-13(19)9-10-5-7-18-8-6-10/h1-5,18H,6-9H2. The molecule has 1 aliphatic rings. The summed E-state index contributed by atoms with van der Waals surface area (Å²) in [6, 6.07) is 4.71. The second-order valence-corrected chi connectivity index (χ2v) is 4.46. The van der Waals surface area contributed by atoms with Crippen LogP contribution in [0.15, 0.2) is 35.9 Å². The van der Waals surface area contributed by atoms with E-state index in [1.165, 1.54) is 12.1 Å². The molecule has 0 unspecified atom stereocenters. The van der Waals surface area contributed by atoms with Crippen molar-refractivity contribution in [2.75, 3.05) is 13.1 Å². The van der Waals surface area contributed by atoms with Gasteiger partial charge < -0.3 is 10.1 Å². The maximum Gasteiger partial charge on any atom is 0.419 e. The number of rotatable bonds is 3. The van der Waals surface area contributed by atoms with E-state index in [2.05, 4.69) is 5.32 Å². The third-order valence-corrected chi connectivity index (χ3v) is 2.95. The summed E-state index contributed by atoms with van der Waals surface area (Å²) in [4.78, 5) is 11.7. The van der Waals surface area contributed by atoms with Gasteiger partial charge in [0.05, 0.1) is 12.0 Å². The molecular formula is C14H14F3NO2. The summed E-state index contributed by atoms with van der Waals surface area (Å²) in [5, 5.41) is 3.09. The maximum atomic E-state index is 12.7. The van der Waals surface area contributed by atoms with Crippen molar-refractivity contribution in [3.05, 3.63) is 41.5 Å². The zero-order valence-electron chi connectivity index (χ0n) is 10.7. The number of hydrogen-bond donors (Lipinski definition) is 1. The number of carbonyl (C=O) groups is 1. The molecule has 0 saturated carbocycles. The first-order valence-corrected chi connectivity index (χ1v) is 6.22. The number of esters is 1. The molecule has 0 fully saturated rings. The fraction of sp³-hybridized carbons (Fsp3) is 0.357. The van der Waals surface area contributed by atoms with Gasteiger partial charge in [-0.1, -0.05) is 23.8 Å². The van der Waals surface area contributed by atoms with Crippen LogP contribution in [0.3, 0.4) is 0 Å². The predicted molar refractivity (Wildman–Crippen MR) is 67.3 cm³/mol. The normalized spacial score (nSPS) is 15.7. The molecule has 0 bridgehead atoms. The van der Waals surface area contributed by atoms with Crippen LogP contribution in [0.25, 0.3) is 0 Å². The van der Waals surface area contributed by atoms with Crippen molar-refractivity contribution in [2.45, 2.75) is 19.0 Å². The second kappa shape index (κ2) is 6.09. The van der Waals surface area contributed by atoms with Crippen LogP contribution >= 0.6 is 0 Å². The van der Waals surface area contributed by atoms with Crippen LogP contribution in [-0.2, 0) is 11.0 Å². The molecule has 1 aliphatic heterocycles. The third kappa shape index (κ3) is 3.84. The van der Waals surface area contributed by atoms with E-state index in [9.17, 15) is 18.0 Å². The molecular weight excluding hydrogens is 271 g/mol. The Balaban J connectivity index is 2.06. The molecule has 0 aromatic heterocycles. The number of halogens is 3. The number of nitrogens with one attached hydrogen (secondary N) is 1. The van der Waals surface area contributed by atoms with Gasteiger partial charge in [-0.2, -0.15) is 13.2 Å². The minimum atomic E-state index is -4.54. The van der Waals surface area contributed by atoms with Gasteiger partial charge in [0.25, 0.3) is 0 Å². The lowest BCUT2D eigenvalue weighted by atomic mass is 10.1. The number of hydrogen-bond acceptors (Lipinski definition) is 3. The Labute approximate surface area is 114 Å². The average Bonchev–Trinajstić information content (AvgIpc) is 2.39. The molecule has 1 heterocycles. The van der Waals surface area contributed by atoms with Gasteiger partial charge in [0.2, 0.25) is 0 Å². The smallest absolute Gasteiger partial charge is 0.419 e. The minimum Gasteiger partial charge on any atom is -0.426 e. The fourth-order valence-electron chi connectivity index (χ4n) is 1.96. The first-order valence-electron chi connectivity index (χ1n) is 6.22. The lowest BCUT2D eigenvalue weighted by molar-refractivity contribution is -0.142. The number of alkyl halides is 3. The van der Waals surface area contributed by atoms with E-state index in [0.717, 1.165) is 24.3 Å². The molecule has 108 valence electrons. The van der Waals surface area contributed by atoms with Crippen molar-refractivity contribution in [1.82, 2.24) is 5.32 Å². The molecule has 3 nitrogen and oxygen atoms in total. The summed E-state index contributed by atoms with van der Waals surface area (Å²) in [5.41, 5.74) is -0.0501. The molecule has 2 rings (SSSR count). The molecule has 0 radical (unpaired) electrons. The van der Waals surface area contributed by atoms with Crippen LogP contribution in [0.4, 0.5) is 13.2 Å². The Morgan fingerprint density at radius 2 is 2.05 bits per heavy atom. The van der Waals surface area contributed by atoms with Gasteiger partial charge in [0.1, 0.15) is 5.75 Å². The zero-order valence-corrected chi connectivity index (χ0v) is 10.7. The van der Waals surface area contributed by atoms with Crippen LogP contribution in [-0.4, -0.2) is 19.1 Å². The summed E-state index contributed by atoms with van der Waals surface area (Å²) >= 11 is 0. The van der Waals surface area contributed by atoms with Crippen LogP contribution in [0, 0.1) is 0 Å². The molecule has 1 aromatic rings. The SMILES string of the molecule is O=C(CC1=CCNCC1)Oc1ccccc1C(F)(F)F. The van der Waals surface area contributed by atoms with Crippen molar-refractivity contribution < 1.29 is 22.7 Å². The maximum absolute atomic E-state index is 12.7. The van der Waals surface area contributed by atoms with Crippen LogP contribution < -0.4 is 10.1 Å². The number of carbonyl (C=O) groups excluding carboxylic acids is 1. The van der Waals surface area contributed by atoms with Gasteiger partial charge >= 0.3 is 12.1 Å². The van der Waals surface area contributed by atoms with E-state index < -0.39 is 23.5 Å². The third-order valence-electron chi connectivity index (χ3n) is 2.95. The molecule has 0 atom stereocenters. The number of para-hydroxylation sites is 1. The van der Waals surface area contributed by atoms with E-state index in [1.54, 1.807) is 0 Å². The van der Waals surface area contributed by atoms with Crippen molar-refractivity contribution in [3.8, 4) is 5.75 Å². The van der Waals surface area contributed by atoms with Gasteiger partial charge in [-0.15, -0.1) is 0 Å². The fourth-order valence-corrected chi connectivity index (χ4v) is 1.96. The Bertz CT molecular complexity index is 523. The number of ether oxygens (including phenoxy) is 1.